The molecule has 1 amide bonds. The zero-order valence-corrected chi connectivity index (χ0v) is 16.9. The molecule has 0 bridgehead atoms. The predicted molar refractivity (Wildman–Crippen MR) is 109 cm³/mol. The minimum Gasteiger partial charge on any atom is -0.298 e. The molecule has 0 atom stereocenters. The van der Waals surface area contributed by atoms with Crippen LogP contribution in [0.15, 0.2) is 58.8 Å². The first-order valence-electron chi connectivity index (χ1n) is 8.44. The largest absolute Gasteiger partial charge is 0.298 e. The molecule has 3 aromatic rings. The molecule has 7 nitrogen and oxygen atoms in total. The lowest BCUT2D eigenvalue weighted by atomic mass is 10.1. The molecule has 2 N–H and O–H groups in total. The number of nitrogens with zero attached hydrogens (tertiary/aromatic N) is 1. The van der Waals surface area contributed by atoms with E-state index in [2.05, 4.69) is 34.2 Å². The summed E-state index contributed by atoms with van der Waals surface area (Å²) in [6.45, 7) is 2.10. The van der Waals surface area contributed by atoms with Gasteiger partial charge >= 0.3 is 0 Å². The Balaban J connectivity index is 1.70. The highest BCUT2D eigenvalue weighted by molar-refractivity contribution is 7.89. The minimum absolute atomic E-state index is 0.00189. The summed E-state index contributed by atoms with van der Waals surface area (Å²) in [4.78, 5) is 23.2. The lowest BCUT2D eigenvalue weighted by Crippen LogP contribution is -2.22. The molecule has 3 rings (SSSR count). The van der Waals surface area contributed by atoms with Crippen molar-refractivity contribution in [2.45, 2.75) is 18.2 Å². The topological polar surface area (TPSA) is 97.4 Å². The molecule has 28 heavy (non-hydrogen) atoms. The molecular weight excluding hydrogens is 398 g/mol. The monoisotopic (exact) mass is 417 g/mol. The van der Waals surface area contributed by atoms with E-state index in [-0.39, 0.29) is 10.8 Å². The van der Waals surface area contributed by atoms with E-state index in [4.69, 9.17) is 0 Å². The standard InChI is InChI=1S/C19H19N3O4S2/c1-3-13-4-6-14(7-5-13)17-12-27-19(20-17)21-18(23)15-8-10-16(11-9-15)28(24,25)22-26-2/h4-12,22H,3H2,1-2H3,(H,20,21,23). The van der Waals surface area contributed by atoms with Crippen LogP contribution in [0.2, 0.25) is 0 Å². The average molecular weight is 418 g/mol. The molecule has 0 aliphatic heterocycles. The fourth-order valence-corrected chi connectivity index (χ4v) is 4.01. The summed E-state index contributed by atoms with van der Waals surface area (Å²) in [6.07, 6.45) is 0.972. The Labute approximate surface area is 167 Å². The quantitative estimate of drug-likeness (QED) is 0.574. The van der Waals surface area contributed by atoms with Gasteiger partial charge in [0.05, 0.1) is 17.7 Å². The van der Waals surface area contributed by atoms with Crippen molar-refractivity contribution < 1.29 is 18.0 Å². The molecular formula is C19H19N3O4S2. The molecule has 146 valence electrons. The summed E-state index contributed by atoms with van der Waals surface area (Å²) in [6, 6.07) is 13.6. The maximum Gasteiger partial charge on any atom is 0.262 e. The Hall–Kier alpha value is -2.59. The van der Waals surface area contributed by atoms with Crippen molar-refractivity contribution in [2.75, 3.05) is 12.4 Å². The van der Waals surface area contributed by atoms with E-state index >= 15 is 0 Å². The molecule has 9 heteroatoms. The highest BCUT2D eigenvalue weighted by Gasteiger charge is 2.15. The number of hydrogen-bond donors (Lipinski definition) is 2. The lowest BCUT2D eigenvalue weighted by Gasteiger charge is -2.06. The van der Waals surface area contributed by atoms with Crippen LogP contribution in [0.3, 0.4) is 0 Å². The zero-order chi connectivity index (χ0) is 20.1. The Kier molecular flexibility index (Phi) is 6.20. The fraction of sp³-hybridized carbons (Fsp3) is 0.158. The smallest absolute Gasteiger partial charge is 0.262 e. The summed E-state index contributed by atoms with van der Waals surface area (Å²) in [5.74, 6) is -0.370. The third kappa shape index (κ3) is 4.63. The number of hydrogen-bond acceptors (Lipinski definition) is 6. The maximum absolute atomic E-state index is 12.4. The van der Waals surface area contributed by atoms with Gasteiger partial charge in [-0.15, -0.1) is 11.3 Å². The van der Waals surface area contributed by atoms with E-state index in [9.17, 15) is 13.2 Å². The van der Waals surface area contributed by atoms with Crippen LogP contribution in [0, 0.1) is 0 Å². The normalized spacial score (nSPS) is 11.4. The number of carbonyl (C=O) groups is 1. The van der Waals surface area contributed by atoms with Crippen LogP contribution in [0.25, 0.3) is 11.3 Å². The lowest BCUT2D eigenvalue weighted by molar-refractivity contribution is 0.102. The number of amides is 1. The van der Waals surface area contributed by atoms with Gasteiger partial charge in [-0.05, 0) is 36.2 Å². The average Bonchev–Trinajstić information content (AvgIpc) is 3.16. The number of aromatic nitrogens is 1. The van der Waals surface area contributed by atoms with Gasteiger partial charge in [0.15, 0.2) is 5.13 Å². The Bertz CT molecular complexity index is 1060. The van der Waals surface area contributed by atoms with Gasteiger partial charge in [0.25, 0.3) is 15.9 Å². The Morgan fingerprint density at radius 1 is 1.11 bits per heavy atom. The Morgan fingerprint density at radius 3 is 2.39 bits per heavy atom. The van der Waals surface area contributed by atoms with Gasteiger partial charge < -0.3 is 0 Å². The predicted octanol–water partition coefficient (Wildman–Crippen LogP) is 3.46. The molecule has 0 aliphatic rings. The first-order chi connectivity index (χ1) is 13.4. The molecule has 0 saturated heterocycles. The van der Waals surface area contributed by atoms with Crippen LogP contribution in [0.5, 0.6) is 0 Å². The zero-order valence-electron chi connectivity index (χ0n) is 15.3. The van der Waals surface area contributed by atoms with E-state index in [0.29, 0.717) is 10.7 Å². The number of nitrogens with one attached hydrogen (secondary N) is 2. The summed E-state index contributed by atoms with van der Waals surface area (Å²) < 4.78 is 23.7. The molecule has 2 aromatic carbocycles. The van der Waals surface area contributed by atoms with E-state index in [1.807, 2.05) is 22.4 Å². The molecule has 0 fully saturated rings. The number of carbonyl (C=O) groups excluding carboxylic acids is 1. The summed E-state index contributed by atoms with van der Waals surface area (Å²) in [7, 11) is -2.55. The van der Waals surface area contributed by atoms with Crippen LogP contribution in [0.4, 0.5) is 5.13 Å². The number of aryl methyl sites for hydroxylation is 1. The van der Waals surface area contributed by atoms with Crippen LogP contribution in [-0.2, 0) is 21.3 Å². The first-order valence-corrected chi connectivity index (χ1v) is 10.8. The van der Waals surface area contributed by atoms with Gasteiger partial charge in [0, 0.05) is 16.5 Å². The van der Waals surface area contributed by atoms with Gasteiger partial charge in [-0.2, -0.15) is 0 Å². The first kappa shape index (κ1) is 20.2. The number of anilines is 1. The highest BCUT2D eigenvalue weighted by atomic mass is 32.2. The van der Waals surface area contributed by atoms with E-state index in [1.54, 1.807) is 0 Å². The minimum atomic E-state index is -3.76. The van der Waals surface area contributed by atoms with Crippen molar-refractivity contribution in [3.8, 4) is 11.3 Å². The number of rotatable bonds is 7. The fourth-order valence-electron chi connectivity index (χ4n) is 2.49. The van der Waals surface area contributed by atoms with Crippen molar-refractivity contribution >= 4 is 32.4 Å². The van der Waals surface area contributed by atoms with Gasteiger partial charge in [-0.1, -0.05) is 36.1 Å². The van der Waals surface area contributed by atoms with Crippen molar-refractivity contribution in [1.29, 1.82) is 0 Å². The van der Waals surface area contributed by atoms with Crippen LogP contribution in [-0.4, -0.2) is 26.4 Å². The molecule has 1 aromatic heterocycles. The second-order valence-electron chi connectivity index (χ2n) is 5.86. The molecule has 0 spiro atoms. The van der Waals surface area contributed by atoms with E-state index < -0.39 is 10.0 Å². The molecule has 0 unspecified atom stereocenters. The van der Waals surface area contributed by atoms with Gasteiger partial charge in [-0.3, -0.25) is 14.9 Å². The van der Waals surface area contributed by atoms with Crippen molar-refractivity contribution in [3.05, 3.63) is 65.0 Å². The van der Waals surface area contributed by atoms with E-state index in [0.717, 1.165) is 17.7 Å². The van der Waals surface area contributed by atoms with Crippen LogP contribution in [0.1, 0.15) is 22.8 Å². The molecule has 0 aliphatic carbocycles. The van der Waals surface area contributed by atoms with Crippen molar-refractivity contribution in [1.82, 2.24) is 9.87 Å². The van der Waals surface area contributed by atoms with E-state index in [1.165, 1.54) is 48.3 Å². The van der Waals surface area contributed by atoms with Crippen LogP contribution < -0.4 is 10.2 Å². The van der Waals surface area contributed by atoms with Crippen LogP contribution >= 0.6 is 11.3 Å². The number of benzene rings is 2. The van der Waals surface area contributed by atoms with Gasteiger partial charge in [0.2, 0.25) is 0 Å². The maximum atomic E-state index is 12.4. The summed E-state index contributed by atoms with van der Waals surface area (Å²) >= 11 is 1.33. The summed E-state index contributed by atoms with van der Waals surface area (Å²) in [5.41, 5.74) is 3.34. The third-order valence-corrected chi connectivity index (χ3v) is 6.04. The molecule has 0 saturated carbocycles. The SMILES string of the molecule is CCc1ccc(-c2csc(NC(=O)c3ccc(S(=O)(=O)NOC)cc3)n2)cc1. The number of thiazole rings is 1. The van der Waals surface area contributed by atoms with Crippen molar-refractivity contribution in [3.63, 3.8) is 0 Å². The Morgan fingerprint density at radius 2 is 1.79 bits per heavy atom. The number of sulfonamides is 1. The third-order valence-electron chi connectivity index (χ3n) is 4.00. The molecule has 0 radical (unpaired) electrons. The second-order valence-corrected chi connectivity index (χ2v) is 8.36. The molecule has 1 heterocycles. The van der Waals surface area contributed by atoms with Gasteiger partial charge in [-0.25, -0.2) is 13.4 Å². The van der Waals surface area contributed by atoms with Gasteiger partial charge in [0.1, 0.15) is 0 Å². The highest BCUT2D eigenvalue weighted by Crippen LogP contribution is 2.25. The second kappa shape index (κ2) is 8.61. The summed E-state index contributed by atoms with van der Waals surface area (Å²) in [5, 5.41) is 5.08. The van der Waals surface area contributed by atoms with Crippen molar-refractivity contribution in [2.24, 2.45) is 0 Å².